The van der Waals surface area contributed by atoms with Crippen molar-refractivity contribution in [3.05, 3.63) is 0 Å². The predicted octanol–water partition coefficient (Wildman–Crippen LogP) is 1.94. The zero-order valence-electron chi connectivity index (χ0n) is 11.9. The van der Waals surface area contributed by atoms with E-state index in [4.69, 9.17) is 8.37 Å². The van der Waals surface area contributed by atoms with Crippen LogP contribution in [0.4, 0.5) is 0 Å². The van der Waals surface area contributed by atoms with Gasteiger partial charge in [-0.3, -0.25) is 12.6 Å². The Morgan fingerprint density at radius 2 is 1.17 bits per heavy atom. The summed E-state index contributed by atoms with van der Waals surface area (Å²) in [5.41, 5.74) is -2.10. The Hall–Kier alpha value is 0.220. The second-order valence-electron chi connectivity index (χ2n) is 7.25. The van der Waals surface area contributed by atoms with E-state index in [2.05, 4.69) is 0 Å². The Morgan fingerprint density at radius 3 is 1.44 bits per heavy atom. The maximum Gasteiger partial charge on any atom is 0.306 e. The average Bonchev–Trinajstić information content (AvgIpc) is 2.50. The van der Waals surface area contributed by atoms with Crippen molar-refractivity contribution in [1.29, 1.82) is 0 Å². The summed E-state index contributed by atoms with van der Waals surface area (Å²) in [6.45, 7) is 12.2. The highest BCUT2D eigenvalue weighted by Gasteiger charge is 2.75. The first kappa shape index (κ1) is 14.6. The summed E-state index contributed by atoms with van der Waals surface area (Å²) in [6.07, 6.45) is 0. The van der Waals surface area contributed by atoms with E-state index in [0.29, 0.717) is 11.5 Å². The van der Waals surface area contributed by atoms with Gasteiger partial charge in [0.05, 0.1) is 11.5 Å². The van der Waals surface area contributed by atoms with Crippen LogP contribution < -0.4 is 0 Å². The van der Waals surface area contributed by atoms with Gasteiger partial charge in [-0.25, -0.2) is 0 Å². The Balaban J connectivity index is 2.66. The van der Waals surface area contributed by atoms with Gasteiger partial charge in [-0.1, -0.05) is 41.5 Å². The summed E-state index contributed by atoms with van der Waals surface area (Å²) in [5.74, 6) is 0.777. The van der Waals surface area contributed by atoms with Gasteiger partial charge in [0.15, 0.2) is 0 Å². The van der Waals surface area contributed by atoms with Crippen LogP contribution in [0.25, 0.3) is 0 Å². The first-order valence-corrected chi connectivity index (χ1v) is 8.60. The molecule has 0 bridgehead atoms. The molecule has 18 heavy (non-hydrogen) atoms. The highest BCUT2D eigenvalue weighted by molar-refractivity contribution is 7.85. The SMILES string of the molecule is CC(C)(C)[C@@]12CS(=O)C[C@]1(C(C)(C)C)OS(=O)O2. The smallest absolute Gasteiger partial charge is 0.259 e. The predicted molar refractivity (Wildman–Crippen MR) is 72.6 cm³/mol. The summed E-state index contributed by atoms with van der Waals surface area (Å²) in [4.78, 5) is 0. The van der Waals surface area contributed by atoms with E-state index >= 15 is 0 Å². The molecular weight excluding hydrogens is 272 g/mol. The summed E-state index contributed by atoms with van der Waals surface area (Å²) in [7, 11) is -1.00. The largest absolute Gasteiger partial charge is 0.306 e. The second kappa shape index (κ2) is 3.87. The van der Waals surface area contributed by atoms with Gasteiger partial charge in [-0.05, 0) is 10.8 Å². The number of hydrogen-bond donors (Lipinski definition) is 0. The van der Waals surface area contributed by atoms with E-state index < -0.39 is 33.4 Å². The molecule has 0 radical (unpaired) electrons. The minimum absolute atomic E-state index is 0.293. The third kappa shape index (κ3) is 1.69. The summed E-state index contributed by atoms with van der Waals surface area (Å²) < 4.78 is 35.3. The lowest BCUT2D eigenvalue weighted by Gasteiger charge is -2.49. The first-order valence-electron chi connectivity index (χ1n) is 6.11. The average molecular weight is 294 g/mol. The Morgan fingerprint density at radius 1 is 0.833 bits per heavy atom. The van der Waals surface area contributed by atoms with Crippen LogP contribution in [0.15, 0.2) is 0 Å². The number of hydrogen-bond acceptors (Lipinski definition) is 4. The fourth-order valence-electron chi connectivity index (χ4n) is 3.06. The van der Waals surface area contributed by atoms with Crippen molar-refractivity contribution in [1.82, 2.24) is 0 Å². The van der Waals surface area contributed by atoms with Crippen LogP contribution in [-0.4, -0.2) is 31.1 Å². The molecule has 4 atom stereocenters. The van der Waals surface area contributed by atoms with Gasteiger partial charge in [0.2, 0.25) is 0 Å². The molecule has 2 aliphatic heterocycles. The molecule has 2 unspecified atom stereocenters. The van der Waals surface area contributed by atoms with Crippen LogP contribution in [0.3, 0.4) is 0 Å². The third-order valence-corrected chi connectivity index (χ3v) is 6.52. The van der Waals surface area contributed by atoms with E-state index in [0.717, 1.165) is 0 Å². The molecule has 2 rings (SSSR count). The molecule has 2 heterocycles. The Kier molecular flexibility index (Phi) is 3.14. The Bertz CT molecular complexity index is 361. The fraction of sp³-hybridized carbons (Fsp3) is 1.00. The molecule has 0 aromatic carbocycles. The second-order valence-corrected chi connectivity index (χ2v) is 9.45. The maximum atomic E-state index is 12.1. The molecule has 0 aliphatic carbocycles. The first-order chi connectivity index (χ1) is 7.95. The molecule has 2 saturated heterocycles. The van der Waals surface area contributed by atoms with Gasteiger partial charge in [-0.2, -0.15) is 4.21 Å². The van der Waals surface area contributed by atoms with Crippen LogP contribution in [0, 0.1) is 10.8 Å². The standard InChI is InChI=1S/C12H22O4S2/c1-9(2,3)11-7-17(13)8-12(11,10(4,5)6)16-18(14)15-11/h7-8H2,1-6H3/t11-,12+,17?,18?. The van der Waals surface area contributed by atoms with E-state index in [1.54, 1.807) is 0 Å². The van der Waals surface area contributed by atoms with Crippen molar-refractivity contribution in [3.63, 3.8) is 0 Å². The molecule has 4 nitrogen and oxygen atoms in total. The van der Waals surface area contributed by atoms with Crippen LogP contribution in [0.1, 0.15) is 41.5 Å². The molecule has 0 saturated carbocycles. The van der Waals surface area contributed by atoms with Crippen LogP contribution >= 0.6 is 0 Å². The van der Waals surface area contributed by atoms with Crippen molar-refractivity contribution in [3.8, 4) is 0 Å². The van der Waals surface area contributed by atoms with Crippen LogP contribution in [0.2, 0.25) is 0 Å². The molecule has 0 amide bonds. The minimum atomic E-state index is -1.75. The monoisotopic (exact) mass is 294 g/mol. The van der Waals surface area contributed by atoms with Crippen molar-refractivity contribution < 1.29 is 16.8 Å². The lowest BCUT2D eigenvalue weighted by atomic mass is 9.59. The molecule has 0 aromatic heterocycles. The summed E-state index contributed by atoms with van der Waals surface area (Å²) in [5, 5.41) is 0. The summed E-state index contributed by atoms with van der Waals surface area (Å²) in [6, 6.07) is 0. The van der Waals surface area contributed by atoms with Gasteiger partial charge >= 0.3 is 11.4 Å². The van der Waals surface area contributed by atoms with Gasteiger partial charge < -0.3 is 0 Å². The van der Waals surface area contributed by atoms with E-state index in [9.17, 15) is 8.42 Å². The van der Waals surface area contributed by atoms with Crippen molar-refractivity contribution in [2.45, 2.75) is 52.7 Å². The highest BCUT2D eigenvalue weighted by Crippen LogP contribution is 2.60. The van der Waals surface area contributed by atoms with Crippen molar-refractivity contribution >= 4 is 22.2 Å². The zero-order valence-corrected chi connectivity index (χ0v) is 13.5. The van der Waals surface area contributed by atoms with Gasteiger partial charge in [0, 0.05) is 10.8 Å². The zero-order chi connectivity index (χ0) is 14.0. The maximum absolute atomic E-state index is 12.1. The molecule has 2 aliphatic rings. The lowest BCUT2D eigenvalue weighted by Crippen LogP contribution is -2.64. The van der Waals surface area contributed by atoms with Crippen LogP contribution in [0.5, 0.6) is 0 Å². The summed E-state index contributed by atoms with van der Waals surface area (Å²) >= 11 is -1.75. The van der Waals surface area contributed by atoms with Crippen molar-refractivity contribution in [2.24, 2.45) is 10.8 Å². The van der Waals surface area contributed by atoms with E-state index in [1.807, 2.05) is 41.5 Å². The number of fused-ring (bicyclic) bond motifs is 1. The van der Waals surface area contributed by atoms with Gasteiger partial charge in [-0.15, -0.1) is 0 Å². The van der Waals surface area contributed by atoms with Crippen LogP contribution in [-0.2, 0) is 30.5 Å². The molecule has 0 spiro atoms. The van der Waals surface area contributed by atoms with Gasteiger partial charge in [0.1, 0.15) is 11.2 Å². The van der Waals surface area contributed by atoms with E-state index in [1.165, 1.54) is 0 Å². The molecule has 0 aromatic rings. The van der Waals surface area contributed by atoms with E-state index in [-0.39, 0.29) is 10.8 Å². The molecular formula is C12H22O4S2. The van der Waals surface area contributed by atoms with Crippen molar-refractivity contribution in [2.75, 3.05) is 11.5 Å². The normalized spacial score (nSPS) is 45.2. The molecule has 6 heteroatoms. The topological polar surface area (TPSA) is 52.6 Å². The molecule has 0 N–H and O–H groups in total. The fourth-order valence-corrected chi connectivity index (χ4v) is 7.06. The molecule has 106 valence electrons. The third-order valence-electron chi connectivity index (χ3n) is 4.22. The Labute approximate surface area is 114 Å². The number of rotatable bonds is 0. The molecule has 2 fully saturated rings. The minimum Gasteiger partial charge on any atom is -0.259 e. The highest BCUT2D eigenvalue weighted by atomic mass is 32.2. The quantitative estimate of drug-likeness (QED) is 0.685. The lowest BCUT2D eigenvalue weighted by molar-refractivity contribution is -0.133. The van der Waals surface area contributed by atoms with Gasteiger partial charge in [0.25, 0.3) is 0 Å².